The number of aliphatic carboxylic acids is 1. The normalized spacial score (nSPS) is 24.2. The van der Waals surface area contributed by atoms with Gasteiger partial charge in [0.05, 0.1) is 0 Å². The minimum atomic E-state index is -0.928. The standard InChI is InChI=1S/C9H15NO3/c1-7-4-2-3-5-10(9(7)13)6-8(11)12/h7H,2-6H2,1H3,(H,11,12). The average molecular weight is 185 g/mol. The first-order chi connectivity index (χ1) is 6.11. The van der Waals surface area contributed by atoms with Gasteiger partial charge in [-0.2, -0.15) is 0 Å². The molecule has 0 bridgehead atoms. The van der Waals surface area contributed by atoms with Gasteiger partial charge in [-0.1, -0.05) is 13.3 Å². The SMILES string of the molecule is CC1CCCCN(CC(=O)O)C1=O. The Morgan fingerprint density at radius 2 is 2.31 bits per heavy atom. The molecule has 1 heterocycles. The van der Waals surface area contributed by atoms with Crippen molar-refractivity contribution in [2.75, 3.05) is 13.1 Å². The van der Waals surface area contributed by atoms with Gasteiger partial charge in [-0.3, -0.25) is 9.59 Å². The number of amides is 1. The summed E-state index contributed by atoms with van der Waals surface area (Å²) in [6, 6.07) is 0. The molecule has 1 N–H and O–H groups in total. The van der Waals surface area contributed by atoms with E-state index in [1.807, 2.05) is 6.92 Å². The maximum Gasteiger partial charge on any atom is 0.323 e. The molecule has 4 heteroatoms. The molecule has 0 radical (unpaired) electrons. The van der Waals surface area contributed by atoms with Crippen LogP contribution < -0.4 is 0 Å². The molecule has 13 heavy (non-hydrogen) atoms. The second-order valence-electron chi connectivity index (χ2n) is 3.55. The highest BCUT2D eigenvalue weighted by atomic mass is 16.4. The second-order valence-corrected chi connectivity index (χ2v) is 3.55. The summed E-state index contributed by atoms with van der Waals surface area (Å²) in [6.45, 7) is 2.31. The molecule has 0 spiro atoms. The lowest BCUT2D eigenvalue weighted by molar-refractivity contribution is -0.145. The zero-order valence-electron chi connectivity index (χ0n) is 7.82. The fraction of sp³-hybridized carbons (Fsp3) is 0.778. The lowest BCUT2D eigenvalue weighted by Gasteiger charge is -2.20. The maximum absolute atomic E-state index is 11.5. The predicted molar refractivity (Wildman–Crippen MR) is 47.2 cm³/mol. The van der Waals surface area contributed by atoms with Gasteiger partial charge in [0, 0.05) is 12.5 Å². The number of carbonyl (C=O) groups is 2. The van der Waals surface area contributed by atoms with Crippen molar-refractivity contribution in [1.82, 2.24) is 4.90 Å². The van der Waals surface area contributed by atoms with E-state index >= 15 is 0 Å². The summed E-state index contributed by atoms with van der Waals surface area (Å²) in [7, 11) is 0. The molecule has 74 valence electrons. The number of nitrogens with zero attached hydrogens (tertiary/aromatic N) is 1. The van der Waals surface area contributed by atoms with E-state index < -0.39 is 5.97 Å². The van der Waals surface area contributed by atoms with Crippen molar-refractivity contribution < 1.29 is 14.7 Å². The topological polar surface area (TPSA) is 57.6 Å². The summed E-state index contributed by atoms with van der Waals surface area (Å²) < 4.78 is 0. The van der Waals surface area contributed by atoms with Gasteiger partial charge in [0.25, 0.3) is 0 Å². The van der Waals surface area contributed by atoms with E-state index in [4.69, 9.17) is 5.11 Å². The van der Waals surface area contributed by atoms with Gasteiger partial charge < -0.3 is 10.0 Å². The molecule has 1 amide bonds. The number of rotatable bonds is 2. The number of carboxylic acid groups (broad SMARTS) is 1. The number of likely N-dealkylation sites (tertiary alicyclic amines) is 1. The van der Waals surface area contributed by atoms with Crippen LogP contribution in [0.15, 0.2) is 0 Å². The minimum absolute atomic E-state index is 0.0122. The van der Waals surface area contributed by atoms with Gasteiger partial charge in [-0.15, -0.1) is 0 Å². The van der Waals surface area contributed by atoms with Crippen LogP contribution in [0.25, 0.3) is 0 Å². The first-order valence-electron chi connectivity index (χ1n) is 4.62. The van der Waals surface area contributed by atoms with Gasteiger partial charge in [0.2, 0.25) is 5.91 Å². The third kappa shape index (κ3) is 2.72. The highest BCUT2D eigenvalue weighted by Gasteiger charge is 2.24. The van der Waals surface area contributed by atoms with E-state index in [-0.39, 0.29) is 18.4 Å². The van der Waals surface area contributed by atoms with Gasteiger partial charge in [0.1, 0.15) is 6.54 Å². The Kier molecular flexibility index (Phi) is 3.28. The van der Waals surface area contributed by atoms with Crippen LogP contribution in [0, 0.1) is 5.92 Å². The zero-order valence-corrected chi connectivity index (χ0v) is 7.82. The first kappa shape index (κ1) is 10.0. The summed E-state index contributed by atoms with van der Waals surface area (Å²) in [4.78, 5) is 23.4. The van der Waals surface area contributed by atoms with Crippen molar-refractivity contribution in [3.05, 3.63) is 0 Å². The van der Waals surface area contributed by atoms with Crippen LogP contribution in [0.3, 0.4) is 0 Å². The monoisotopic (exact) mass is 185 g/mol. The van der Waals surface area contributed by atoms with Crippen molar-refractivity contribution in [3.63, 3.8) is 0 Å². The molecular weight excluding hydrogens is 170 g/mol. The summed E-state index contributed by atoms with van der Waals surface area (Å²) >= 11 is 0. The van der Waals surface area contributed by atoms with Gasteiger partial charge in [0.15, 0.2) is 0 Å². The molecule has 1 rings (SSSR count). The minimum Gasteiger partial charge on any atom is -0.480 e. The van der Waals surface area contributed by atoms with Crippen molar-refractivity contribution in [2.45, 2.75) is 26.2 Å². The molecule has 1 saturated heterocycles. The number of carbonyl (C=O) groups excluding carboxylic acids is 1. The van der Waals surface area contributed by atoms with Crippen molar-refractivity contribution in [1.29, 1.82) is 0 Å². The third-order valence-electron chi connectivity index (χ3n) is 2.37. The largest absolute Gasteiger partial charge is 0.480 e. The Morgan fingerprint density at radius 1 is 1.62 bits per heavy atom. The van der Waals surface area contributed by atoms with Crippen LogP contribution in [0.1, 0.15) is 26.2 Å². The summed E-state index contributed by atoms with van der Waals surface area (Å²) in [5, 5.41) is 8.57. The predicted octanol–water partition coefficient (Wildman–Crippen LogP) is 0.720. The molecule has 0 aromatic heterocycles. The Bertz CT molecular complexity index is 215. The molecule has 1 aliphatic heterocycles. The Balaban J connectivity index is 2.59. The molecule has 0 aromatic rings. The van der Waals surface area contributed by atoms with E-state index in [0.29, 0.717) is 6.54 Å². The Hall–Kier alpha value is -1.06. The lowest BCUT2D eigenvalue weighted by Crippen LogP contribution is -2.37. The van der Waals surface area contributed by atoms with Crippen LogP contribution in [0.2, 0.25) is 0 Å². The van der Waals surface area contributed by atoms with Crippen LogP contribution >= 0.6 is 0 Å². The molecule has 0 saturated carbocycles. The number of hydrogen-bond acceptors (Lipinski definition) is 2. The molecule has 1 unspecified atom stereocenters. The highest BCUT2D eigenvalue weighted by molar-refractivity contribution is 5.83. The van der Waals surface area contributed by atoms with E-state index in [2.05, 4.69) is 0 Å². The Morgan fingerprint density at radius 3 is 2.92 bits per heavy atom. The average Bonchev–Trinajstić information content (AvgIpc) is 2.19. The summed E-state index contributed by atoms with van der Waals surface area (Å²) in [5.41, 5.74) is 0. The molecule has 4 nitrogen and oxygen atoms in total. The fourth-order valence-electron chi connectivity index (χ4n) is 1.62. The van der Waals surface area contributed by atoms with Crippen LogP contribution in [0.5, 0.6) is 0 Å². The van der Waals surface area contributed by atoms with E-state index in [0.717, 1.165) is 19.3 Å². The quantitative estimate of drug-likeness (QED) is 0.689. The second kappa shape index (κ2) is 4.25. The third-order valence-corrected chi connectivity index (χ3v) is 2.37. The van der Waals surface area contributed by atoms with Crippen LogP contribution in [-0.2, 0) is 9.59 Å². The molecule has 0 aromatic carbocycles. The van der Waals surface area contributed by atoms with Crippen molar-refractivity contribution >= 4 is 11.9 Å². The summed E-state index contributed by atoms with van der Waals surface area (Å²) in [6.07, 6.45) is 2.82. The molecule has 1 atom stereocenters. The molecule has 0 aliphatic carbocycles. The maximum atomic E-state index is 11.5. The molecule has 1 aliphatic rings. The van der Waals surface area contributed by atoms with Gasteiger partial charge in [-0.05, 0) is 12.8 Å². The molecular formula is C9H15NO3. The highest BCUT2D eigenvalue weighted by Crippen LogP contribution is 2.16. The van der Waals surface area contributed by atoms with Crippen LogP contribution in [0.4, 0.5) is 0 Å². The van der Waals surface area contributed by atoms with E-state index in [9.17, 15) is 9.59 Å². The zero-order chi connectivity index (χ0) is 9.84. The fourth-order valence-corrected chi connectivity index (χ4v) is 1.62. The van der Waals surface area contributed by atoms with Crippen molar-refractivity contribution in [2.24, 2.45) is 5.92 Å². The van der Waals surface area contributed by atoms with Gasteiger partial charge >= 0.3 is 5.97 Å². The number of hydrogen-bond donors (Lipinski definition) is 1. The summed E-state index contributed by atoms with van der Waals surface area (Å²) in [5.74, 6) is -0.954. The van der Waals surface area contributed by atoms with E-state index in [1.54, 1.807) is 0 Å². The smallest absolute Gasteiger partial charge is 0.323 e. The van der Waals surface area contributed by atoms with Gasteiger partial charge in [-0.25, -0.2) is 0 Å². The van der Waals surface area contributed by atoms with Crippen molar-refractivity contribution in [3.8, 4) is 0 Å². The van der Waals surface area contributed by atoms with Crippen LogP contribution in [-0.4, -0.2) is 35.0 Å². The van der Waals surface area contributed by atoms with E-state index in [1.165, 1.54) is 4.90 Å². The Labute approximate surface area is 77.5 Å². The lowest BCUT2D eigenvalue weighted by atomic mass is 10.1. The first-order valence-corrected chi connectivity index (χ1v) is 4.62. The molecule has 1 fully saturated rings. The number of carboxylic acids is 1.